The molecule has 0 aliphatic heterocycles. The van der Waals surface area contributed by atoms with Crippen molar-refractivity contribution in [1.82, 2.24) is 4.98 Å². The van der Waals surface area contributed by atoms with E-state index in [0.29, 0.717) is 5.75 Å². The normalized spacial score (nSPS) is 10.9. The van der Waals surface area contributed by atoms with Crippen molar-refractivity contribution in [3.63, 3.8) is 0 Å². The van der Waals surface area contributed by atoms with Gasteiger partial charge in [-0.1, -0.05) is 48.6 Å². The summed E-state index contributed by atoms with van der Waals surface area (Å²) in [6.45, 7) is -0.463. The Balaban J connectivity index is 1.70. The Bertz CT molecular complexity index is 1150. The minimum absolute atomic E-state index is 0.0510. The number of benzene rings is 2. The first-order valence-corrected chi connectivity index (χ1v) is 9.60. The van der Waals surface area contributed by atoms with Gasteiger partial charge in [-0.25, -0.2) is 9.37 Å². The van der Waals surface area contributed by atoms with Crippen molar-refractivity contribution < 1.29 is 9.13 Å². The Morgan fingerprint density at radius 3 is 2.59 bits per heavy atom. The third-order valence-electron chi connectivity index (χ3n) is 3.88. The zero-order valence-corrected chi connectivity index (χ0v) is 16.2. The van der Waals surface area contributed by atoms with Gasteiger partial charge in [0.15, 0.2) is 0 Å². The van der Waals surface area contributed by atoms with Crippen LogP contribution in [0.15, 0.2) is 72.3 Å². The third kappa shape index (κ3) is 5.38. The second-order valence-corrected chi connectivity index (χ2v) is 6.89. The van der Waals surface area contributed by atoms with Crippen LogP contribution in [0, 0.1) is 22.7 Å². The van der Waals surface area contributed by atoms with E-state index in [1.807, 2.05) is 48.6 Å². The van der Waals surface area contributed by atoms with Crippen molar-refractivity contribution in [3.8, 4) is 28.5 Å². The molecule has 3 rings (SSSR count). The number of rotatable bonds is 7. The summed E-state index contributed by atoms with van der Waals surface area (Å²) in [5, 5.41) is 18.2. The van der Waals surface area contributed by atoms with Gasteiger partial charge >= 0.3 is 0 Å². The second kappa shape index (κ2) is 9.98. The van der Waals surface area contributed by atoms with Crippen molar-refractivity contribution >= 4 is 27.6 Å². The van der Waals surface area contributed by atoms with E-state index in [-0.39, 0.29) is 12.2 Å². The number of alkyl halides is 1. The summed E-state index contributed by atoms with van der Waals surface area (Å²) in [5.74, 6) is 0.644. The van der Waals surface area contributed by atoms with Crippen LogP contribution in [-0.2, 0) is 0 Å². The number of ether oxygens (including phenoxy) is 1. The maximum Gasteiger partial charge on any atom is 0.129 e. The molecule has 0 aliphatic rings. The molecule has 0 bridgehead atoms. The summed E-state index contributed by atoms with van der Waals surface area (Å²) in [6.07, 6.45) is 8.65. The van der Waals surface area contributed by atoms with E-state index in [9.17, 15) is 4.39 Å². The van der Waals surface area contributed by atoms with Crippen molar-refractivity contribution in [1.29, 1.82) is 10.5 Å². The minimum Gasteiger partial charge on any atom is -0.491 e. The average Bonchev–Trinajstić information content (AvgIpc) is 3.18. The van der Waals surface area contributed by atoms with Crippen LogP contribution in [0.3, 0.4) is 0 Å². The number of allylic oxidation sites excluding steroid dienone is 5. The van der Waals surface area contributed by atoms with E-state index >= 15 is 0 Å². The van der Waals surface area contributed by atoms with Gasteiger partial charge < -0.3 is 4.74 Å². The number of fused-ring (bicyclic) bond motifs is 1. The first-order valence-electron chi connectivity index (χ1n) is 8.78. The molecule has 0 amide bonds. The van der Waals surface area contributed by atoms with Gasteiger partial charge in [0.25, 0.3) is 0 Å². The highest BCUT2D eigenvalue weighted by atomic mass is 32.1. The Kier molecular flexibility index (Phi) is 6.89. The lowest BCUT2D eigenvalue weighted by Gasteiger charge is -2.01. The molecule has 1 heterocycles. The van der Waals surface area contributed by atoms with Gasteiger partial charge in [-0.3, -0.25) is 0 Å². The van der Waals surface area contributed by atoms with E-state index in [0.717, 1.165) is 26.4 Å². The predicted octanol–water partition coefficient (Wildman–Crippen LogP) is 5.85. The van der Waals surface area contributed by atoms with E-state index < -0.39 is 6.67 Å². The van der Waals surface area contributed by atoms with Crippen LogP contribution >= 0.6 is 11.3 Å². The van der Waals surface area contributed by atoms with Gasteiger partial charge in [0, 0.05) is 5.56 Å². The van der Waals surface area contributed by atoms with Gasteiger partial charge in [-0.2, -0.15) is 10.5 Å². The topological polar surface area (TPSA) is 69.7 Å². The molecule has 0 saturated heterocycles. The summed E-state index contributed by atoms with van der Waals surface area (Å²) in [6, 6.07) is 17.2. The molecular weight excluding hydrogens is 385 g/mol. The van der Waals surface area contributed by atoms with Gasteiger partial charge in [0.05, 0.1) is 10.2 Å². The van der Waals surface area contributed by atoms with Crippen LogP contribution in [0.25, 0.3) is 26.9 Å². The summed E-state index contributed by atoms with van der Waals surface area (Å²) in [7, 11) is 0. The number of hydrogen-bond acceptors (Lipinski definition) is 5. The molecule has 0 spiro atoms. The van der Waals surface area contributed by atoms with Crippen LogP contribution < -0.4 is 4.74 Å². The SMILES string of the molecule is N#CC(C#N)=C/C=C/C=C/c1ccc(-c2nc3ccc(OCCF)cc3s2)cc1. The van der Waals surface area contributed by atoms with E-state index in [4.69, 9.17) is 15.3 Å². The first kappa shape index (κ1) is 20.0. The highest BCUT2D eigenvalue weighted by Gasteiger charge is 2.07. The maximum atomic E-state index is 12.3. The monoisotopic (exact) mass is 401 g/mol. The molecule has 0 fully saturated rings. The number of halogens is 1. The second-order valence-electron chi connectivity index (χ2n) is 5.86. The number of aromatic nitrogens is 1. The maximum absolute atomic E-state index is 12.3. The molecule has 2 aromatic carbocycles. The van der Waals surface area contributed by atoms with E-state index in [1.165, 1.54) is 6.08 Å². The molecule has 4 nitrogen and oxygen atoms in total. The Morgan fingerprint density at radius 2 is 1.86 bits per heavy atom. The predicted molar refractivity (Wildman–Crippen MR) is 114 cm³/mol. The largest absolute Gasteiger partial charge is 0.491 e. The zero-order chi connectivity index (χ0) is 20.5. The quantitative estimate of drug-likeness (QED) is 0.367. The fourth-order valence-corrected chi connectivity index (χ4v) is 3.49. The van der Waals surface area contributed by atoms with Crippen LogP contribution in [0.5, 0.6) is 5.75 Å². The van der Waals surface area contributed by atoms with Crippen molar-refractivity contribution in [2.45, 2.75) is 0 Å². The van der Waals surface area contributed by atoms with Crippen molar-refractivity contribution in [2.75, 3.05) is 13.3 Å². The van der Waals surface area contributed by atoms with E-state index in [2.05, 4.69) is 4.98 Å². The van der Waals surface area contributed by atoms with E-state index in [1.54, 1.807) is 41.7 Å². The number of nitriles is 2. The first-order chi connectivity index (χ1) is 14.2. The van der Waals surface area contributed by atoms with Crippen LogP contribution in [0.2, 0.25) is 0 Å². The summed E-state index contributed by atoms with van der Waals surface area (Å²) < 4.78 is 18.6. The highest BCUT2D eigenvalue weighted by Crippen LogP contribution is 2.32. The Morgan fingerprint density at radius 1 is 1.07 bits per heavy atom. The molecule has 0 unspecified atom stereocenters. The Hall–Kier alpha value is -3.74. The highest BCUT2D eigenvalue weighted by molar-refractivity contribution is 7.21. The van der Waals surface area contributed by atoms with Crippen LogP contribution in [-0.4, -0.2) is 18.3 Å². The third-order valence-corrected chi connectivity index (χ3v) is 4.95. The molecule has 142 valence electrons. The standard InChI is InChI=1S/C23H16FN3OS/c24-12-13-28-20-10-11-21-22(14-20)29-23(27-21)19-8-6-17(7-9-19)4-2-1-3-5-18(15-25)16-26/h1-11,14H,12-13H2/b3-1+,4-2+. The summed E-state index contributed by atoms with van der Waals surface area (Å²) >= 11 is 1.56. The fraction of sp³-hybridized carbons (Fsp3) is 0.0870. The van der Waals surface area contributed by atoms with Crippen molar-refractivity contribution in [2.24, 2.45) is 0 Å². The summed E-state index contributed by atoms with van der Waals surface area (Å²) in [5.41, 5.74) is 2.98. The molecule has 6 heteroatoms. The molecular formula is C23H16FN3OS. The lowest BCUT2D eigenvalue weighted by atomic mass is 10.1. The number of hydrogen-bond donors (Lipinski definition) is 0. The molecule has 0 radical (unpaired) electrons. The average molecular weight is 401 g/mol. The fourth-order valence-electron chi connectivity index (χ4n) is 2.49. The molecule has 0 N–H and O–H groups in total. The van der Waals surface area contributed by atoms with Crippen molar-refractivity contribution in [3.05, 3.63) is 77.9 Å². The summed E-state index contributed by atoms with van der Waals surface area (Å²) in [4.78, 5) is 4.65. The number of thiazole rings is 1. The molecule has 1 aromatic heterocycles. The molecule has 3 aromatic rings. The van der Waals surface area contributed by atoms with Crippen LogP contribution in [0.1, 0.15) is 5.56 Å². The lowest BCUT2D eigenvalue weighted by Crippen LogP contribution is -1.97. The van der Waals surface area contributed by atoms with Gasteiger partial charge in [0.1, 0.15) is 41.8 Å². The molecule has 29 heavy (non-hydrogen) atoms. The molecule has 0 atom stereocenters. The van der Waals surface area contributed by atoms with Crippen LogP contribution in [0.4, 0.5) is 4.39 Å². The zero-order valence-electron chi connectivity index (χ0n) is 15.4. The lowest BCUT2D eigenvalue weighted by molar-refractivity contribution is 0.273. The smallest absolute Gasteiger partial charge is 0.129 e. The molecule has 0 saturated carbocycles. The van der Waals surface area contributed by atoms with Gasteiger partial charge in [-0.15, -0.1) is 11.3 Å². The number of nitrogens with zero attached hydrogens (tertiary/aromatic N) is 3. The minimum atomic E-state index is -0.514. The Labute approximate surface area is 172 Å². The van der Waals surface area contributed by atoms with Gasteiger partial charge in [-0.05, 0) is 29.8 Å². The van der Waals surface area contributed by atoms with Gasteiger partial charge in [0.2, 0.25) is 0 Å². The molecule has 0 aliphatic carbocycles.